The number of benzene rings is 3. The summed E-state index contributed by atoms with van der Waals surface area (Å²) in [6, 6.07) is 29.1. The molecule has 4 rings (SSSR count). The lowest BCUT2D eigenvalue weighted by molar-refractivity contribution is -0.148. The number of nitrogens with zero attached hydrogens (tertiary/aromatic N) is 1. The zero-order valence-electron chi connectivity index (χ0n) is 19.3. The fourth-order valence-electron chi connectivity index (χ4n) is 4.53. The first kappa shape index (κ1) is 24.1. The van der Waals surface area contributed by atoms with Crippen LogP contribution >= 0.6 is 0 Å². The molecule has 3 aromatic rings. The lowest BCUT2D eigenvalue weighted by Gasteiger charge is -2.32. The highest BCUT2D eigenvalue weighted by molar-refractivity contribution is 5.70. The van der Waals surface area contributed by atoms with Crippen LogP contribution in [0.3, 0.4) is 0 Å². The molecule has 0 saturated carbocycles. The second-order valence-electron chi connectivity index (χ2n) is 8.51. The summed E-state index contributed by atoms with van der Waals surface area (Å²) >= 11 is 0. The van der Waals surface area contributed by atoms with Crippen LogP contribution in [-0.4, -0.2) is 48.1 Å². The van der Waals surface area contributed by atoms with Gasteiger partial charge in [-0.3, -0.25) is 4.79 Å². The second-order valence-corrected chi connectivity index (χ2v) is 8.51. The van der Waals surface area contributed by atoms with E-state index >= 15 is 0 Å². The molecular weight excluding hydrogens is 430 g/mol. The summed E-state index contributed by atoms with van der Waals surface area (Å²) in [5, 5.41) is 12.3. The van der Waals surface area contributed by atoms with Crippen LogP contribution < -0.4 is 0 Å². The van der Waals surface area contributed by atoms with Crippen LogP contribution in [0.1, 0.15) is 29.0 Å². The van der Waals surface area contributed by atoms with Gasteiger partial charge >= 0.3 is 5.97 Å². The maximum absolute atomic E-state index is 12.3. The average molecular weight is 462 g/mol. The number of esters is 1. The number of hydrogen-bond donors (Lipinski definition) is 1. The monoisotopic (exact) mass is 461 g/mol. The largest absolute Gasteiger partial charge is 0.469 e. The van der Waals surface area contributed by atoms with Crippen molar-refractivity contribution < 1.29 is 24.2 Å². The Morgan fingerprint density at radius 3 is 1.97 bits per heavy atom. The Balaban J connectivity index is 1.60. The SMILES string of the molecule is COC(=O)C[C@@H](c1ccccc1)[C@H]1[C@H](OCc2ccccc2)[C@@H](OCc2ccccc2)CN1O. The topological polar surface area (TPSA) is 68.2 Å². The van der Waals surface area contributed by atoms with Gasteiger partial charge in [0.25, 0.3) is 0 Å². The number of hydrogen-bond acceptors (Lipinski definition) is 6. The van der Waals surface area contributed by atoms with Gasteiger partial charge in [-0.25, -0.2) is 0 Å². The minimum absolute atomic E-state index is 0.124. The quantitative estimate of drug-likeness (QED) is 0.446. The Hall–Kier alpha value is -3.03. The predicted octanol–water partition coefficient (Wildman–Crippen LogP) is 4.58. The molecule has 0 bridgehead atoms. The molecule has 0 spiro atoms. The van der Waals surface area contributed by atoms with Gasteiger partial charge in [-0.05, 0) is 16.7 Å². The molecule has 0 amide bonds. The van der Waals surface area contributed by atoms with Gasteiger partial charge in [0.1, 0.15) is 12.2 Å². The smallest absolute Gasteiger partial charge is 0.306 e. The van der Waals surface area contributed by atoms with Crippen molar-refractivity contribution in [3.63, 3.8) is 0 Å². The molecule has 0 aromatic heterocycles. The molecule has 34 heavy (non-hydrogen) atoms. The summed E-state index contributed by atoms with van der Waals surface area (Å²) in [6.07, 6.45) is -0.703. The van der Waals surface area contributed by atoms with Crippen LogP contribution in [0, 0.1) is 0 Å². The van der Waals surface area contributed by atoms with Crippen molar-refractivity contribution in [3.05, 3.63) is 108 Å². The summed E-state index contributed by atoms with van der Waals surface area (Å²) in [5.74, 6) is -0.664. The molecular formula is C28H31NO5. The van der Waals surface area contributed by atoms with E-state index in [2.05, 4.69) is 0 Å². The summed E-state index contributed by atoms with van der Waals surface area (Å²) in [4.78, 5) is 12.3. The second kappa shape index (κ2) is 11.9. The van der Waals surface area contributed by atoms with Crippen LogP contribution in [0.25, 0.3) is 0 Å². The van der Waals surface area contributed by atoms with Gasteiger partial charge in [0.15, 0.2) is 0 Å². The number of methoxy groups -OCH3 is 1. The predicted molar refractivity (Wildman–Crippen MR) is 128 cm³/mol. The molecule has 4 atom stereocenters. The fraction of sp³-hybridized carbons (Fsp3) is 0.321. The van der Waals surface area contributed by atoms with E-state index in [0.717, 1.165) is 16.7 Å². The lowest BCUT2D eigenvalue weighted by atomic mass is 9.86. The fourth-order valence-corrected chi connectivity index (χ4v) is 4.53. The molecule has 1 aliphatic rings. The molecule has 3 aromatic carbocycles. The summed E-state index contributed by atoms with van der Waals surface area (Å²) in [6.45, 7) is 1.06. The van der Waals surface area contributed by atoms with Gasteiger partial charge in [0.2, 0.25) is 0 Å². The van der Waals surface area contributed by atoms with E-state index in [9.17, 15) is 10.0 Å². The molecule has 1 heterocycles. The van der Waals surface area contributed by atoms with E-state index in [0.29, 0.717) is 13.2 Å². The van der Waals surface area contributed by atoms with Crippen LogP contribution in [-0.2, 0) is 32.2 Å². The molecule has 1 saturated heterocycles. The average Bonchev–Trinajstić information content (AvgIpc) is 3.20. The Kier molecular flexibility index (Phi) is 8.44. The third-order valence-electron chi connectivity index (χ3n) is 6.26. The maximum atomic E-state index is 12.3. The highest BCUT2D eigenvalue weighted by atomic mass is 16.6. The third-order valence-corrected chi connectivity index (χ3v) is 6.26. The molecule has 0 aliphatic carbocycles. The molecule has 6 heteroatoms. The number of carbonyl (C=O) groups is 1. The van der Waals surface area contributed by atoms with Gasteiger partial charge in [-0.1, -0.05) is 91.0 Å². The molecule has 0 radical (unpaired) electrons. The Morgan fingerprint density at radius 2 is 1.41 bits per heavy atom. The van der Waals surface area contributed by atoms with Crippen molar-refractivity contribution in [2.75, 3.05) is 13.7 Å². The van der Waals surface area contributed by atoms with E-state index in [1.807, 2.05) is 91.0 Å². The van der Waals surface area contributed by atoms with Crippen molar-refractivity contribution in [2.24, 2.45) is 0 Å². The Morgan fingerprint density at radius 1 is 0.882 bits per heavy atom. The Bertz CT molecular complexity index is 1010. The summed E-state index contributed by atoms with van der Waals surface area (Å²) in [7, 11) is 1.38. The molecule has 1 fully saturated rings. The van der Waals surface area contributed by atoms with Crippen molar-refractivity contribution in [2.45, 2.75) is 43.8 Å². The van der Waals surface area contributed by atoms with Crippen LogP contribution in [0.2, 0.25) is 0 Å². The van der Waals surface area contributed by atoms with Gasteiger partial charge in [-0.15, -0.1) is 0 Å². The number of rotatable bonds is 10. The first-order valence-corrected chi connectivity index (χ1v) is 11.5. The summed E-state index contributed by atoms with van der Waals surface area (Å²) in [5.41, 5.74) is 3.02. The minimum atomic E-state index is -0.481. The van der Waals surface area contributed by atoms with Crippen molar-refractivity contribution in [1.29, 1.82) is 0 Å². The lowest BCUT2D eigenvalue weighted by Crippen LogP contribution is -2.42. The summed E-state index contributed by atoms with van der Waals surface area (Å²) < 4.78 is 17.7. The van der Waals surface area contributed by atoms with E-state index in [-0.39, 0.29) is 31.0 Å². The standard InChI is InChI=1S/C28H31NO5/c1-32-26(30)17-24(23-15-9-4-10-16-23)27-28(34-20-22-13-7-3-8-14-22)25(18-29(27)31)33-19-21-11-5-2-6-12-21/h2-16,24-25,27-28,31H,17-20H2,1H3/t24-,25-,27-,28+/m0/s1. The van der Waals surface area contributed by atoms with E-state index in [1.54, 1.807) is 0 Å². The molecule has 1 aliphatic heterocycles. The zero-order valence-corrected chi connectivity index (χ0v) is 19.3. The third kappa shape index (κ3) is 6.10. The number of hydroxylamine groups is 2. The Labute approximate surface area is 200 Å². The van der Waals surface area contributed by atoms with Crippen LogP contribution in [0.4, 0.5) is 0 Å². The first-order chi connectivity index (χ1) is 16.7. The molecule has 1 N–H and O–H groups in total. The maximum Gasteiger partial charge on any atom is 0.306 e. The van der Waals surface area contributed by atoms with Gasteiger partial charge < -0.3 is 19.4 Å². The number of ether oxygens (including phenoxy) is 3. The van der Waals surface area contributed by atoms with E-state index in [4.69, 9.17) is 14.2 Å². The first-order valence-electron chi connectivity index (χ1n) is 11.5. The highest BCUT2D eigenvalue weighted by Gasteiger charge is 2.48. The van der Waals surface area contributed by atoms with Crippen molar-refractivity contribution >= 4 is 5.97 Å². The van der Waals surface area contributed by atoms with Crippen LogP contribution in [0.5, 0.6) is 0 Å². The highest BCUT2D eigenvalue weighted by Crippen LogP contribution is 2.36. The molecule has 178 valence electrons. The van der Waals surface area contributed by atoms with Crippen LogP contribution in [0.15, 0.2) is 91.0 Å². The minimum Gasteiger partial charge on any atom is -0.469 e. The van der Waals surface area contributed by atoms with E-state index in [1.165, 1.54) is 12.2 Å². The number of carbonyl (C=O) groups excluding carboxylic acids is 1. The van der Waals surface area contributed by atoms with E-state index < -0.39 is 12.1 Å². The zero-order chi connectivity index (χ0) is 23.8. The van der Waals surface area contributed by atoms with Crippen molar-refractivity contribution in [1.82, 2.24) is 5.06 Å². The van der Waals surface area contributed by atoms with Gasteiger partial charge in [0, 0.05) is 5.92 Å². The molecule has 6 nitrogen and oxygen atoms in total. The normalized spacial score (nSPS) is 21.3. The van der Waals surface area contributed by atoms with Crippen molar-refractivity contribution in [3.8, 4) is 0 Å². The molecule has 0 unspecified atom stereocenters. The van der Waals surface area contributed by atoms with Gasteiger partial charge in [-0.2, -0.15) is 5.06 Å². The van der Waals surface area contributed by atoms with Gasteiger partial charge in [0.05, 0.1) is 39.3 Å².